The standard InChI is InChI=1S/C20H24N4O3/c25-19(22-16-4-1-2-5-16)15-7-8-21-18(14-15)23-9-11-24(12-10-23)20(26)17-6-3-13-27-17/h3,6-8,13-14,16H,1-2,4-5,9-12H2,(H,22,25). The number of nitrogens with one attached hydrogen (secondary N) is 1. The molecular weight excluding hydrogens is 344 g/mol. The van der Waals surface area contributed by atoms with Crippen LogP contribution in [0.1, 0.15) is 46.6 Å². The highest BCUT2D eigenvalue weighted by molar-refractivity contribution is 5.95. The van der Waals surface area contributed by atoms with Crippen LogP contribution < -0.4 is 10.2 Å². The first-order valence-corrected chi connectivity index (χ1v) is 9.55. The number of piperazine rings is 1. The predicted molar refractivity (Wildman–Crippen MR) is 101 cm³/mol. The van der Waals surface area contributed by atoms with Gasteiger partial charge in [0.15, 0.2) is 5.76 Å². The summed E-state index contributed by atoms with van der Waals surface area (Å²) in [7, 11) is 0. The Morgan fingerprint density at radius 1 is 1.11 bits per heavy atom. The van der Waals surface area contributed by atoms with Gasteiger partial charge in [0.2, 0.25) is 0 Å². The Morgan fingerprint density at radius 2 is 1.89 bits per heavy atom. The van der Waals surface area contributed by atoms with Gasteiger partial charge in [-0.05, 0) is 37.1 Å². The highest BCUT2D eigenvalue weighted by Gasteiger charge is 2.25. The molecule has 1 saturated carbocycles. The molecular formula is C20H24N4O3. The van der Waals surface area contributed by atoms with E-state index in [-0.39, 0.29) is 11.8 Å². The van der Waals surface area contributed by atoms with E-state index in [0.717, 1.165) is 18.7 Å². The summed E-state index contributed by atoms with van der Waals surface area (Å²) < 4.78 is 5.19. The highest BCUT2D eigenvalue weighted by atomic mass is 16.3. The number of anilines is 1. The van der Waals surface area contributed by atoms with E-state index in [2.05, 4.69) is 15.2 Å². The van der Waals surface area contributed by atoms with Crippen LogP contribution in [0.5, 0.6) is 0 Å². The summed E-state index contributed by atoms with van der Waals surface area (Å²) in [6.45, 7) is 2.54. The average molecular weight is 368 g/mol. The third-order valence-electron chi connectivity index (χ3n) is 5.32. The number of carbonyl (C=O) groups is 2. The summed E-state index contributed by atoms with van der Waals surface area (Å²) in [5.74, 6) is 1.03. The van der Waals surface area contributed by atoms with E-state index in [9.17, 15) is 9.59 Å². The molecule has 0 aromatic carbocycles. The average Bonchev–Trinajstić information content (AvgIpc) is 3.42. The van der Waals surface area contributed by atoms with Gasteiger partial charge in [0, 0.05) is 44.0 Å². The molecule has 1 aliphatic carbocycles. The van der Waals surface area contributed by atoms with Crippen LogP contribution in [0, 0.1) is 0 Å². The molecule has 1 N–H and O–H groups in total. The molecule has 7 heteroatoms. The van der Waals surface area contributed by atoms with E-state index < -0.39 is 0 Å². The minimum atomic E-state index is -0.0858. The van der Waals surface area contributed by atoms with Gasteiger partial charge in [-0.1, -0.05) is 12.8 Å². The molecule has 27 heavy (non-hydrogen) atoms. The summed E-state index contributed by atoms with van der Waals surface area (Å²) in [5.41, 5.74) is 0.640. The van der Waals surface area contributed by atoms with Gasteiger partial charge in [-0.25, -0.2) is 4.98 Å². The summed E-state index contributed by atoms with van der Waals surface area (Å²) in [5, 5.41) is 3.11. The molecule has 0 bridgehead atoms. The number of nitrogens with zero attached hydrogens (tertiary/aromatic N) is 3. The topological polar surface area (TPSA) is 78.7 Å². The van der Waals surface area contributed by atoms with E-state index in [1.165, 1.54) is 19.1 Å². The Labute approximate surface area is 158 Å². The Balaban J connectivity index is 1.37. The Bertz CT molecular complexity index is 791. The number of furan rings is 1. The van der Waals surface area contributed by atoms with Crippen molar-refractivity contribution < 1.29 is 14.0 Å². The van der Waals surface area contributed by atoms with Gasteiger partial charge in [-0.3, -0.25) is 9.59 Å². The third-order valence-corrected chi connectivity index (χ3v) is 5.32. The molecule has 1 aliphatic heterocycles. The second-order valence-electron chi connectivity index (χ2n) is 7.11. The summed E-state index contributed by atoms with van der Waals surface area (Å²) in [6.07, 6.45) is 7.70. The maximum Gasteiger partial charge on any atom is 0.289 e. The van der Waals surface area contributed by atoms with Gasteiger partial charge < -0.3 is 19.5 Å². The summed E-state index contributed by atoms with van der Waals surface area (Å²) in [4.78, 5) is 33.2. The first-order valence-electron chi connectivity index (χ1n) is 9.55. The zero-order valence-electron chi connectivity index (χ0n) is 15.3. The van der Waals surface area contributed by atoms with Crippen LogP contribution in [0.15, 0.2) is 41.1 Å². The second-order valence-corrected chi connectivity index (χ2v) is 7.11. The maximum atomic E-state index is 12.5. The fourth-order valence-corrected chi connectivity index (χ4v) is 3.77. The zero-order valence-corrected chi connectivity index (χ0v) is 15.3. The molecule has 142 valence electrons. The second kappa shape index (κ2) is 7.82. The monoisotopic (exact) mass is 368 g/mol. The number of aromatic nitrogens is 1. The lowest BCUT2D eigenvalue weighted by Gasteiger charge is -2.35. The lowest BCUT2D eigenvalue weighted by molar-refractivity contribution is 0.0714. The van der Waals surface area contributed by atoms with Crippen molar-refractivity contribution in [3.05, 3.63) is 48.0 Å². The molecule has 0 spiro atoms. The SMILES string of the molecule is O=C(NC1CCCC1)c1ccnc(N2CCN(C(=O)c3ccco3)CC2)c1. The van der Waals surface area contributed by atoms with Crippen LogP contribution in [0.2, 0.25) is 0 Å². The zero-order chi connectivity index (χ0) is 18.6. The van der Waals surface area contributed by atoms with Gasteiger partial charge in [-0.2, -0.15) is 0 Å². The van der Waals surface area contributed by atoms with E-state index in [4.69, 9.17) is 4.42 Å². The minimum Gasteiger partial charge on any atom is -0.459 e. The molecule has 3 heterocycles. The normalized spacial score (nSPS) is 17.9. The maximum absolute atomic E-state index is 12.5. The van der Waals surface area contributed by atoms with Crippen molar-refractivity contribution in [2.75, 3.05) is 31.1 Å². The van der Waals surface area contributed by atoms with Gasteiger partial charge in [0.1, 0.15) is 5.82 Å². The molecule has 1 saturated heterocycles. The van der Waals surface area contributed by atoms with Crippen molar-refractivity contribution in [1.29, 1.82) is 0 Å². The fraction of sp³-hybridized carbons (Fsp3) is 0.450. The fourth-order valence-electron chi connectivity index (χ4n) is 3.77. The molecule has 2 aromatic rings. The van der Waals surface area contributed by atoms with Crippen molar-refractivity contribution >= 4 is 17.6 Å². The Hall–Kier alpha value is -2.83. The van der Waals surface area contributed by atoms with E-state index in [1.54, 1.807) is 29.3 Å². The molecule has 2 aromatic heterocycles. The number of hydrogen-bond donors (Lipinski definition) is 1. The molecule has 0 unspecified atom stereocenters. The Morgan fingerprint density at radius 3 is 2.59 bits per heavy atom. The molecule has 2 amide bonds. The van der Waals surface area contributed by atoms with Crippen molar-refractivity contribution in [1.82, 2.24) is 15.2 Å². The summed E-state index contributed by atoms with van der Waals surface area (Å²) >= 11 is 0. The van der Waals surface area contributed by atoms with Crippen LogP contribution >= 0.6 is 0 Å². The van der Waals surface area contributed by atoms with Crippen LogP contribution in [0.25, 0.3) is 0 Å². The number of hydrogen-bond acceptors (Lipinski definition) is 5. The van der Waals surface area contributed by atoms with Gasteiger partial charge in [0.05, 0.1) is 6.26 Å². The molecule has 4 rings (SSSR count). The highest BCUT2D eigenvalue weighted by Crippen LogP contribution is 2.20. The van der Waals surface area contributed by atoms with Crippen molar-refractivity contribution in [2.45, 2.75) is 31.7 Å². The van der Waals surface area contributed by atoms with Gasteiger partial charge in [0.25, 0.3) is 11.8 Å². The predicted octanol–water partition coefficient (Wildman–Crippen LogP) is 2.31. The van der Waals surface area contributed by atoms with Crippen LogP contribution in [-0.2, 0) is 0 Å². The quantitative estimate of drug-likeness (QED) is 0.896. The number of pyridine rings is 1. The lowest BCUT2D eigenvalue weighted by atomic mass is 10.2. The molecule has 2 aliphatic rings. The number of amides is 2. The molecule has 7 nitrogen and oxygen atoms in total. The van der Waals surface area contributed by atoms with Crippen LogP contribution in [0.4, 0.5) is 5.82 Å². The van der Waals surface area contributed by atoms with E-state index in [0.29, 0.717) is 43.5 Å². The number of rotatable bonds is 4. The van der Waals surface area contributed by atoms with E-state index in [1.807, 2.05) is 6.07 Å². The summed E-state index contributed by atoms with van der Waals surface area (Å²) in [6, 6.07) is 7.29. The third kappa shape index (κ3) is 3.97. The smallest absolute Gasteiger partial charge is 0.289 e. The molecule has 0 radical (unpaired) electrons. The van der Waals surface area contributed by atoms with Crippen molar-refractivity contribution in [2.24, 2.45) is 0 Å². The van der Waals surface area contributed by atoms with Gasteiger partial charge in [-0.15, -0.1) is 0 Å². The first-order chi connectivity index (χ1) is 13.2. The van der Waals surface area contributed by atoms with Crippen LogP contribution in [0.3, 0.4) is 0 Å². The van der Waals surface area contributed by atoms with E-state index >= 15 is 0 Å². The van der Waals surface area contributed by atoms with Gasteiger partial charge >= 0.3 is 0 Å². The number of carbonyl (C=O) groups excluding carboxylic acids is 2. The largest absolute Gasteiger partial charge is 0.459 e. The minimum absolute atomic E-state index is 0.0304. The van der Waals surface area contributed by atoms with Crippen LogP contribution in [-0.4, -0.2) is 53.9 Å². The lowest BCUT2D eigenvalue weighted by Crippen LogP contribution is -2.49. The van der Waals surface area contributed by atoms with Crippen molar-refractivity contribution in [3.63, 3.8) is 0 Å². The van der Waals surface area contributed by atoms with Crippen molar-refractivity contribution in [3.8, 4) is 0 Å². The first kappa shape index (κ1) is 17.6. The molecule has 0 atom stereocenters. The molecule has 2 fully saturated rings. The Kier molecular flexibility index (Phi) is 5.09.